The van der Waals surface area contributed by atoms with Gasteiger partial charge in [-0.1, -0.05) is 0 Å². The van der Waals surface area contributed by atoms with Gasteiger partial charge in [-0.25, -0.2) is 4.98 Å². The van der Waals surface area contributed by atoms with E-state index in [1.807, 2.05) is 0 Å². The molecule has 3 amide bonds. The van der Waals surface area contributed by atoms with E-state index in [1.54, 1.807) is 42.5 Å². The van der Waals surface area contributed by atoms with Crippen molar-refractivity contribution in [3.8, 4) is 11.5 Å². The Morgan fingerprint density at radius 1 is 1.00 bits per heavy atom. The van der Waals surface area contributed by atoms with E-state index in [9.17, 15) is 14.4 Å². The third-order valence-corrected chi connectivity index (χ3v) is 6.35. The molecule has 0 bridgehead atoms. The highest BCUT2D eigenvalue weighted by Gasteiger charge is 2.33. The van der Waals surface area contributed by atoms with Gasteiger partial charge < -0.3 is 20.5 Å². The fraction of sp³-hybridized carbons (Fsp3) is 0.217. The fourth-order valence-electron chi connectivity index (χ4n) is 3.59. The van der Waals surface area contributed by atoms with Crippen LogP contribution in [0.5, 0.6) is 11.5 Å². The van der Waals surface area contributed by atoms with E-state index < -0.39 is 11.8 Å². The average Bonchev–Trinajstić information content (AvgIpc) is 3.39. The summed E-state index contributed by atoms with van der Waals surface area (Å²) in [5, 5.41) is 6.07. The Morgan fingerprint density at radius 2 is 1.67 bits per heavy atom. The van der Waals surface area contributed by atoms with Crippen LogP contribution in [0.15, 0.2) is 42.5 Å². The van der Waals surface area contributed by atoms with E-state index in [1.165, 1.54) is 25.6 Å². The molecule has 170 valence electrons. The molecule has 0 aliphatic heterocycles. The zero-order valence-electron chi connectivity index (χ0n) is 18.0. The molecule has 10 heteroatoms. The number of nitrogens with zero attached hydrogens (tertiary/aromatic N) is 1. The molecule has 0 saturated carbocycles. The fourth-order valence-corrected chi connectivity index (χ4v) is 4.62. The lowest BCUT2D eigenvalue weighted by Crippen LogP contribution is -2.20. The molecule has 0 radical (unpaired) electrons. The number of carbonyl (C=O) groups excluding carboxylic acids is 3. The maximum Gasteiger partial charge on any atom is 0.257 e. The van der Waals surface area contributed by atoms with Gasteiger partial charge in [-0.2, -0.15) is 0 Å². The average molecular weight is 467 g/mol. The molecule has 9 nitrogen and oxygen atoms in total. The molecule has 1 aliphatic carbocycles. The molecule has 33 heavy (non-hydrogen) atoms. The second-order valence-electron chi connectivity index (χ2n) is 7.41. The van der Waals surface area contributed by atoms with Gasteiger partial charge >= 0.3 is 0 Å². The number of carbonyl (C=O) groups is 3. The number of amides is 3. The Labute approximate surface area is 193 Å². The lowest BCUT2D eigenvalue weighted by molar-refractivity contribution is -0.117. The van der Waals surface area contributed by atoms with Gasteiger partial charge in [0, 0.05) is 27.8 Å². The van der Waals surface area contributed by atoms with Crippen LogP contribution in [0.3, 0.4) is 0 Å². The van der Waals surface area contributed by atoms with Gasteiger partial charge in [-0.05, 0) is 49.2 Å². The molecular weight excluding hydrogens is 444 g/mol. The van der Waals surface area contributed by atoms with Crippen molar-refractivity contribution in [1.82, 2.24) is 4.98 Å². The predicted octanol–water partition coefficient (Wildman–Crippen LogP) is 3.18. The molecule has 4 rings (SSSR count). The number of hydrogen-bond donors (Lipinski definition) is 3. The van der Waals surface area contributed by atoms with Crippen LogP contribution < -0.4 is 25.8 Å². The van der Waals surface area contributed by atoms with Gasteiger partial charge in [-0.3, -0.25) is 19.7 Å². The number of ether oxygens (including phenoxy) is 2. The Balaban J connectivity index is 1.46. The minimum Gasteiger partial charge on any atom is -0.497 e. The summed E-state index contributed by atoms with van der Waals surface area (Å²) in [5.41, 5.74) is 7.22. The van der Waals surface area contributed by atoms with Gasteiger partial charge in [0.25, 0.3) is 5.91 Å². The lowest BCUT2D eigenvalue weighted by Gasteiger charge is -2.11. The summed E-state index contributed by atoms with van der Waals surface area (Å²) in [6.45, 7) is 0. The van der Waals surface area contributed by atoms with E-state index in [2.05, 4.69) is 15.6 Å². The number of benzene rings is 2. The molecule has 0 spiro atoms. The first kappa shape index (κ1) is 22.3. The first-order valence-corrected chi connectivity index (χ1v) is 10.9. The molecule has 1 aliphatic rings. The number of aryl methyl sites for hydroxylation is 1. The zero-order valence-corrected chi connectivity index (χ0v) is 18.8. The van der Waals surface area contributed by atoms with Crippen LogP contribution in [-0.2, 0) is 11.2 Å². The van der Waals surface area contributed by atoms with Crippen molar-refractivity contribution in [2.45, 2.75) is 18.8 Å². The van der Waals surface area contributed by atoms with Gasteiger partial charge in [-0.15, -0.1) is 11.3 Å². The van der Waals surface area contributed by atoms with Crippen molar-refractivity contribution in [3.63, 3.8) is 0 Å². The number of hydrogen-bond acceptors (Lipinski definition) is 7. The van der Waals surface area contributed by atoms with Crippen LogP contribution in [-0.4, -0.2) is 36.9 Å². The third kappa shape index (κ3) is 4.80. The van der Waals surface area contributed by atoms with Crippen LogP contribution in [0.25, 0.3) is 0 Å². The summed E-state index contributed by atoms with van der Waals surface area (Å²) in [5.74, 6) is -0.493. The van der Waals surface area contributed by atoms with E-state index >= 15 is 0 Å². The molecule has 0 saturated heterocycles. The van der Waals surface area contributed by atoms with E-state index in [0.717, 1.165) is 4.88 Å². The number of thiazole rings is 1. The van der Waals surface area contributed by atoms with Gasteiger partial charge in [0.1, 0.15) is 11.5 Å². The first-order valence-electron chi connectivity index (χ1n) is 10.1. The smallest absolute Gasteiger partial charge is 0.257 e. The monoisotopic (exact) mass is 466 g/mol. The number of nitrogens with two attached hydrogens (primary N) is 1. The van der Waals surface area contributed by atoms with Crippen LogP contribution in [0, 0.1) is 0 Å². The van der Waals surface area contributed by atoms with Crippen molar-refractivity contribution >= 4 is 39.9 Å². The molecule has 1 unspecified atom stereocenters. The summed E-state index contributed by atoms with van der Waals surface area (Å²) in [4.78, 5) is 42.3. The number of methoxy groups -OCH3 is 2. The van der Waals surface area contributed by atoms with Gasteiger partial charge in [0.05, 0.1) is 25.8 Å². The second-order valence-corrected chi connectivity index (χ2v) is 8.49. The number of aromatic nitrogens is 1. The minimum atomic E-state index is -0.530. The van der Waals surface area contributed by atoms with Crippen molar-refractivity contribution < 1.29 is 23.9 Å². The molecule has 0 fully saturated rings. The Hall–Kier alpha value is -3.92. The maximum atomic E-state index is 12.8. The molecular formula is C23H22N4O5S. The third-order valence-electron chi connectivity index (χ3n) is 5.31. The van der Waals surface area contributed by atoms with E-state index in [0.29, 0.717) is 52.0 Å². The zero-order chi connectivity index (χ0) is 23.5. The largest absolute Gasteiger partial charge is 0.497 e. The van der Waals surface area contributed by atoms with Crippen molar-refractivity contribution in [2.75, 3.05) is 24.9 Å². The molecule has 4 N–H and O–H groups in total. The number of fused-ring (bicyclic) bond motifs is 1. The first-order chi connectivity index (χ1) is 15.9. The van der Waals surface area contributed by atoms with Crippen LogP contribution >= 0.6 is 11.3 Å². The van der Waals surface area contributed by atoms with Crippen molar-refractivity contribution in [1.29, 1.82) is 0 Å². The Bertz CT molecular complexity index is 1200. The molecule has 2 aromatic carbocycles. The second kappa shape index (κ2) is 9.29. The summed E-state index contributed by atoms with van der Waals surface area (Å²) in [6.07, 6.45) is 1.34. The number of rotatable bonds is 7. The summed E-state index contributed by atoms with van der Waals surface area (Å²) in [7, 11) is 3.03. The number of anilines is 2. The lowest BCUT2D eigenvalue weighted by atomic mass is 10.1. The van der Waals surface area contributed by atoms with E-state index in [-0.39, 0.29) is 11.8 Å². The molecule has 1 aromatic heterocycles. The van der Waals surface area contributed by atoms with Crippen molar-refractivity contribution in [3.05, 3.63) is 64.2 Å². The summed E-state index contributed by atoms with van der Waals surface area (Å²) >= 11 is 1.36. The highest BCUT2D eigenvalue weighted by Crippen LogP contribution is 2.39. The normalized spacial score (nSPS) is 14.3. The minimum absolute atomic E-state index is 0.193. The summed E-state index contributed by atoms with van der Waals surface area (Å²) in [6, 6.07) is 11.3. The topological polar surface area (TPSA) is 133 Å². The molecule has 3 aromatic rings. The number of primary amides is 1. The van der Waals surface area contributed by atoms with Crippen molar-refractivity contribution in [2.24, 2.45) is 5.73 Å². The summed E-state index contributed by atoms with van der Waals surface area (Å²) < 4.78 is 10.4. The highest BCUT2D eigenvalue weighted by atomic mass is 32.1. The Kier molecular flexibility index (Phi) is 6.27. The molecule has 1 atom stereocenters. The standard InChI is InChI=1S/C23H22N4O5S/c1-31-15-9-13(10-16(11-15)32-2)21(29)27-23-26-19-17(7-8-18(19)33-23)22(30)25-14-5-3-12(4-6-14)20(24)28/h3-6,9-11,17H,7-8H2,1-2H3,(H2,24,28)(H,25,30)(H,26,27,29). The van der Waals surface area contributed by atoms with E-state index in [4.69, 9.17) is 15.2 Å². The van der Waals surface area contributed by atoms with Gasteiger partial charge in [0.2, 0.25) is 11.8 Å². The predicted molar refractivity (Wildman–Crippen MR) is 124 cm³/mol. The van der Waals surface area contributed by atoms with Gasteiger partial charge in [0.15, 0.2) is 5.13 Å². The SMILES string of the molecule is COc1cc(OC)cc(C(=O)Nc2nc3c(s2)CCC3C(=O)Nc2ccc(C(N)=O)cc2)c1. The number of nitrogens with one attached hydrogen (secondary N) is 2. The quantitative estimate of drug-likeness (QED) is 0.490. The maximum absolute atomic E-state index is 12.8. The Morgan fingerprint density at radius 3 is 2.27 bits per heavy atom. The van der Waals surface area contributed by atoms with Crippen LogP contribution in [0.1, 0.15) is 43.6 Å². The van der Waals surface area contributed by atoms with Crippen LogP contribution in [0.2, 0.25) is 0 Å². The highest BCUT2D eigenvalue weighted by molar-refractivity contribution is 7.16. The molecule has 1 heterocycles. The van der Waals surface area contributed by atoms with Crippen LogP contribution in [0.4, 0.5) is 10.8 Å².